The van der Waals surface area contributed by atoms with Crippen LogP contribution in [0, 0.1) is 13.8 Å². The zero-order chi connectivity index (χ0) is 17.0. The maximum Gasteiger partial charge on any atom is 0.412 e. The number of hydrogen-bond donors (Lipinski definition) is 2. The molecule has 1 heterocycles. The van der Waals surface area contributed by atoms with Gasteiger partial charge >= 0.3 is 6.09 Å². The lowest BCUT2D eigenvalue weighted by Gasteiger charge is -2.19. The fourth-order valence-corrected chi connectivity index (χ4v) is 3.13. The van der Waals surface area contributed by atoms with Gasteiger partial charge in [0.05, 0.1) is 0 Å². The quantitative estimate of drug-likeness (QED) is 0.796. The Labute approximate surface area is 141 Å². The number of aryl methyl sites for hydroxylation is 2. The lowest BCUT2D eigenvalue weighted by atomic mass is 10.2. The Morgan fingerprint density at radius 1 is 1.17 bits per heavy atom. The van der Waals surface area contributed by atoms with Gasteiger partial charge < -0.3 is 10.1 Å². The van der Waals surface area contributed by atoms with Crippen molar-refractivity contribution in [1.82, 2.24) is 0 Å². The Hall–Kier alpha value is -2.01. The summed E-state index contributed by atoms with van der Waals surface area (Å²) in [6, 6.07) is 9.83. The topological polar surface area (TPSA) is 50.4 Å². The van der Waals surface area contributed by atoms with E-state index in [1.165, 1.54) is 15.3 Å². The number of ether oxygens (including phenoxy) is 1. The number of rotatable bonds is 4. The summed E-state index contributed by atoms with van der Waals surface area (Å²) < 4.78 is 5.26. The van der Waals surface area contributed by atoms with Gasteiger partial charge in [-0.3, -0.25) is 5.32 Å². The number of anilines is 2. The first-order valence-electron chi connectivity index (χ1n) is 7.63. The van der Waals surface area contributed by atoms with Crippen LogP contribution >= 0.6 is 11.3 Å². The smallest absolute Gasteiger partial charge is 0.412 e. The third-order valence-electron chi connectivity index (χ3n) is 3.13. The SMILES string of the molecule is Cc1cc(CNc2cccc(NC(=O)OC(C)(C)C)c2)c(C)s1. The van der Waals surface area contributed by atoms with Gasteiger partial charge in [0.25, 0.3) is 0 Å². The molecule has 1 amide bonds. The highest BCUT2D eigenvalue weighted by molar-refractivity contribution is 7.12. The van der Waals surface area contributed by atoms with E-state index in [2.05, 4.69) is 30.5 Å². The maximum absolute atomic E-state index is 11.8. The van der Waals surface area contributed by atoms with Gasteiger partial charge in [-0.15, -0.1) is 11.3 Å². The minimum absolute atomic E-state index is 0.445. The van der Waals surface area contributed by atoms with E-state index >= 15 is 0 Å². The molecule has 0 unspecified atom stereocenters. The lowest BCUT2D eigenvalue weighted by molar-refractivity contribution is 0.0636. The molecule has 0 saturated heterocycles. The highest BCUT2D eigenvalue weighted by Gasteiger charge is 2.16. The molecule has 2 rings (SSSR count). The Kier molecular flexibility index (Phi) is 5.31. The summed E-state index contributed by atoms with van der Waals surface area (Å²) >= 11 is 1.81. The number of amides is 1. The second-order valence-electron chi connectivity index (χ2n) is 6.50. The number of carbonyl (C=O) groups excluding carboxylic acids is 1. The third kappa shape index (κ3) is 5.60. The summed E-state index contributed by atoms with van der Waals surface area (Å²) in [4.78, 5) is 14.5. The molecule has 0 aliphatic carbocycles. The first kappa shape index (κ1) is 17.3. The number of hydrogen-bond acceptors (Lipinski definition) is 4. The van der Waals surface area contributed by atoms with E-state index in [0.717, 1.165) is 12.2 Å². The molecule has 0 aliphatic rings. The lowest BCUT2D eigenvalue weighted by Crippen LogP contribution is -2.27. The van der Waals surface area contributed by atoms with Gasteiger partial charge in [0.2, 0.25) is 0 Å². The van der Waals surface area contributed by atoms with Gasteiger partial charge in [0.1, 0.15) is 5.60 Å². The third-order valence-corrected chi connectivity index (χ3v) is 4.14. The van der Waals surface area contributed by atoms with E-state index in [1.54, 1.807) is 0 Å². The van der Waals surface area contributed by atoms with Gasteiger partial charge in [-0.2, -0.15) is 0 Å². The van der Waals surface area contributed by atoms with E-state index in [0.29, 0.717) is 5.69 Å². The minimum Gasteiger partial charge on any atom is -0.444 e. The summed E-state index contributed by atoms with van der Waals surface area (Å²) in [5, 5.41) is 6.14. The highest BCUT2D eigenvalue weighted by atomic mass is 32.1. The molecule has 0 atom stereocenters. The molecule has 2 aromatic rings. The normalized spacial score (nSPS) is 11.2. The molecule has 0 aliphatic heterocycles. The predicted molar refractivity (Wildman–Crippen MR) is 97.4 cm³/mol. The first-order valence-corrected chi connectivity index (χ1v) is 8.44. The second-order valence-corrected chi connectivity index (χ2v) is 7.96. The monoisotopic (exact) mass is 332 g/mol. The maximum atomic E-state index is 11.8. The minimum atomic E-state index is -0.506. The molecule has 0 spiro atoms. The second kappa shape index (κ2) is 7.04. The molecule has 0 saturated carbocycles. The van der Waals surface area contributed by atoms with E-state index in [-0.39, 0.29) is 0 Å². The molecular weight excluding hydrogens is 308 g/mol. The van der Waals surface area contributed by atoms with Crippen LogP contribution in [-0.2, 0) is 11.3 Å². The fourth-order valence-electron chi connectivity index (χ4n) is 2.18. The van der Waals surface area contributed by atoms with Crippen molar-refractivity contribution in [1.29, 1.82) is 0 Å². The van der Waals surface area contributed by atoms with Crippen LogP contribution in [0.3, 0.4) is 0 Å². The van der Waals surface area contributed by atoms with Crippen molar-refractivity contribution in [3.8, 4) is 0 Å². The van der Waals surface area contributed by atoms with E-state index in [4.69, 9.17) is 4.74 Å². The van der Waals surface area contributed by atoms with Gasteiger partial charge in [-0.25, -0.2) is 4.79 Å². The Bertz CT molecular complexity index is 687. The van der Waals surface area contributed by atoms with Crippen LogP contribution in [0.5, 0.6) is 0 Å². The number of thiophene rings is 1. The van der Waals surface area contributed by atoms with Crippen molar-refractivity contribution < 1.29 is 9.53 Å². The van der Waals surface area contributed by atoms with Crippen LogP contribution in [0.25, 0.3) is 0 Å². The zero-order valence-electron chi connectivity index (χ0n) is 14.3. The molecule has 23 heavy (non-hydrogen) atoms. The van der Waals surface area contributed by atoms with Crippen LogP contribution in [0.4, 0.5) is 16.2 Å². The van der Waals surface area contributed by atoms with Crippen LogP contribution in [0.2, 0.25) is 0 Å². The van der Waals surface area contributed by atoms with Crippen LogP contribution < -0.4 is 10.6 Å². The summed E-state index contributed by atoms with van der Waals surface area (Å²) in [6.07, 6.45) is -0.445. The number of nitrogens with one attached hydrogen (secondary N) is 2. The van der Waals surface area contributed by atoms with Crippen LogP contribution in [0.1, 0.15) is 36.1 Å². The standard InChI is InChI=1S/C18H24N2O2S/c1-12-9-14(13(2)23-12)11-19-15-7-6-8-16(10-15)20-17(21)22-18(3,4)5/h6-10,19H,11H2,1-5H3,(H,20,21). The molecule has 4 nitrogen and oxygen atoms in total. The highest BCUT2D eigenvalue weighted by Crippen LogP contribution is 2.22. The summed E-state index contributed by atoms with van der Waals surface area (Å²) in [6.45, 7) is 10.6. The Morgan fingerprint density at radius 2 is 1.87 bits per heavy atom. The van der Waals surface area contributed by atoms with Gasteiger partial charge in [0.15, 0.2) is 0 Å². The summed E-state index contributed by atoms with van der Waals surface area (Å²) in [5.74, 6) is 0. The van der Waals surface area contributed by atoms with E-state index < -0.39 is 11.7 Å². The molecule has 0 radical (unpaired) electrons. The van der Waals surface area contributed by atoms with E-state index in [1.807, 2.05) is 56.4 Å². The molecule has 0 fully saturated rings. The van der Waals surface area contributed by atoms with Gasteiger partial charge in [0, 0.05) is 27.7 Å². The van der Waals surface area contributed by atoms with Crippen LogP contribution in [0.15, 0.2) is 30.3 Å². The average molecular weight is 332 g/mol. The molecule has 2 N–H and O–H groups in total. The molecule has 1 aromatic carbocycles. The Balaban J connectivity index is 1.97. The molecule has 1 aromatic heterocycles. The average Bonchev–Trinajstić information content (AvgIpc) is 2.73. The van der Waals surface area contributed by atoms with Gasteiger partial charge in [-0.05, 0) is 64.4 Å². The predicted octanol–water partition coefficient (Wildman–Crippen LogP) is 5.32. The Morgan fingerprint density at radius 3 is 2.48 bits per heavy atom. The summed E-state index contributed by atoms with van der Waals surface area (Å²) in [5.41, 5.74) is 2.47. The van der Waals surface area contributed by atoms with Crippen LogP contribution in [-0.4, -0.2) is 11.7 Å². The van der Waals surface area contributed by atoms with Gasteiger partial charge in [-0.1, -0.05) is 6.07 Å². The van der Waals surface area contributed by atoms with Crippen molar-refractivity contribution >= 4 is 28.8 Å². The van der Waals surface area contributed by atoms with Crippen molar-refractivity contribution in [2.24, 2.45) is 0 Å². The zero-order valence-corrected chi connectivity index (χ0v) is 15.1. The molecular formula is C18H24N2O2S. The molecule has 0 bridgehead atoms. The van der Waals surface area contributed by atoms with Crippen molar-refractivity contribution in [2.75, 3.05) is 10.6 Å². The number of benzene rings is 1. The first-order chi connectivity index (χ1) is 10.7. The summed E-state index contributed by atoms with van der Waals surface area (Å²) in [7, 11) is 0. The fraction of sp³-hybridized carbons (Fsp3) is 0.389. The molecule has 124 valence electrons. The van der Waals surface area contributed by atoms with Crippen molar-refractivity contribution in [2.45, 2.75) is 46.8 Å². The van der Waals surface area contributed by atoms with E-state index in [9.17, 15) is 4.79 Å². The van der Waals surface area contributed by atoms with Crippen molar-refractivity contribution in [3.05, 3.63) is 45.6 Å². The van der Waals surface area contributed by atoms with Crippen molar-refractivity contribution in [3.63, 3.8) is 0 Å². The number of carbonyl (C=O) groups is 1. The molecule has 5 heteroatoms. The largest absolute Gasteiger partial charge is 0.444 e.